The van der Waals surface area contributed by atoms with Gasteiger partial charge >= 0.3 is 13.2 Å². The average Bonchev–Trinajstić information content (AvgIpc) is 2.97. The van der Waals surface area contributed by atoms with Crippen molar-refractivity contribution in [3.8, 4) is 0 Å². The highest BCUT2D eigenvalue weighted by molar-refractivity contribution is 6.63. The topological polar surface area (TPSA) is 65.8 Å². The summed E-state index contributed by atoms with van der Waals surface area (Å²) in [6.45, 7) is 17.7. The molecule has 2 aliphatic heterocycles. The first-order valence-corrected chi connectivity index (χ1v) is 10.7. The van der Waals surface area contributed by atoms with Gasteiger partial charge in [0.1, 0.15) is 11.8 Å². The number of hydrogen-bond acceptors (Lipinski definition) is 5. The van der Waals surface area contributed by atoms with Crippen molar-refractivity contribution in [1.29, 1.82) is 0 Å². The highest BCUT2D eigenvalue weighted by atomic mass is 19.1. The Morgan fingerprint density at radius 1 is 1.20 bits per heavy atom. The van der Waals surface area contributed by atoms with Crippen LogP contribution in [0.25, 0.3) is 0 Å². The van der Waals surface area contributed by atoms with E-state index < -0.39 is 42.2 Å². The second-order valence-corrected chi connectivity index (χ2v) is 10.4. The van der Waals surface area contributed by atoms with Crippen LogP contribution in [0.15, 0.2) is 0 Å². The molecule has 0 spiro atoms. The van der Waals surface area contributed by atoms with Crippen molar-refractivity contribution in [1.82, 2.24) is 14.7 Å². The molecular weight excluding hydrogens is 388 g/mol. The van der Waals surface area contributed by atoms with Crippen LogP contribution in [0.1, 0.15) is 72.3 Å². The van der Waals surface area contributed by atoms with Gasteiger partial charge in [0.05, 0.1) is 29.5 Å². The SMILES string of the molecule is Cc1nn(C2CCN(C(=O)OC(C)(C)C)C[C@@H]2F)c(C)c1B1OC(C)(C)C(C)(C)O1. The molecule has 1 unspecified atom stereocenters. The van der Waals surface area contributed by atoms with Gasteiger partial charge in [-0.05, 0) is 68.7 Å². The summed E-state index contributed by atoms with van der Waals surface area (Å²) in [5, 5.41) is 4.64. The minimum absolute atomic E-state index is 0.0102. The number of piperidine rings is 1. The fraction of sp³-hybridized carbons (Fsp3) is 0.810. The molecule has 2 atom stereocenters. The number of ether oxygens (including phenoxy) is 1. The summed E-state index contributed by atoms with van der Waals surface area (Å²) in [7, 11) is -0.538. The van der Waals surface area contributed by atoms with Crippen LogP contribution in [0.5, 0.6) is 0 Å². The maximum absolute atomic E-state index is 15.1. The molecule has 0 N–H and O–H groups in total. The predicted molar refractivity (Wildman–Crippen MR) is 114 cm³/mol. The summed E-state index contributed by atoms with van der Waals surface area (Å²) < 4.78 is 34.7. The summed E-state index contributed by atoms with van der Waals surface area (Å²) in [6.07, 6.45) is -1.25. The smallest absolute Gasteiger partial charge is 0.444 e. The van der Waals surface area contributed by atoms with E-state index >= 15 is 4.39 Å². The van der Waals surface area contributed by atoms with Crippen molar-refractivity contribution in [2.75, 3.05) is 13.1 Å². The zero-order valence-corrected chi connectivity index (χ0v) is 19.7. The van der Waals surface area contributed by atoms with E-state index in [9.17, 15) is 4.79 Å². The predicted octanol–water partition coefficient (Wildman–Crippen LogP) is 3.32. The Labute approximate surface area is 179 Å². The van der Waals surface area contributed by atoms with Crippen LogP contribution in [-0.2, 0) is 14.0 Å². The molecular formula is C21H35BFN3O4. The summed E-state index contributed by atoms with van der Waals surface area (Å²) in [6, 6.07) is -0.446. The highest BCUT2D eigenvalue weighted by Crippen LogP contribution is 2.37. The number of carbonyl (C=O) groups is 1. The van der Waals surface area contributed by atoms with Crippen molar-refractivity contribution >= 4 is 18.7 Å². The van der Waals surface area contributed by atoms with E-state index in [4.69, 9.17) is 14.0 Å². The fourth-order valence-electron chi connectivity index (χ4n) is 3.96. The molecule has 168 valence electrons. The highest BCUT2D eigenvalue weighted by Gasteiger charge is 2.53. The van der Waals surface area contributed by atoms with Crippen LogP contribution in [0.3, 0.4) is 0 Å². The maximum atomic E-state index is 15.1. The quantitative estimate of drug-likeness (QED) is 0.683. The number of alkyl halides is 1. The van der Waals surface area contributed by atoms with Gasteiger partial charge in [-0.3, -0.25) is 4.68 Å². The molecule has 9 heteroatoms. The normalized spacial score (nSPS) is 26.2. The summed E-state index contributed by atoms with van der Waals surface area (Å²) in [5.41, 5.74) is 0.945. The van der Waals surface area contributed by atoms with Crippen LogP contribution >= 0.6 is 0 Å². The number of aryl methyl sites for hydroxylation is 1. The first-order valence-electron chi connectivity index (χ1n) is 10.7. The van der Waals surface area contributed by atoms with Gasteiger partial charge in [0.2, 0.25) is 0 Å². The summed E-state index contributed by atoms with van der Waals surface area (Å²) in [5.74, 6) is 0. The molecule has 0 aromatic carbocycles. The molecule has 1 aromatic rings. The average molecular weight is 423 g/mol. The van der Waals surface area contributed by atoms with E-state index in [0.717, 1.165) is 16.9 Å². The molecule has 2 fully saturated rings. The molecule has 3 rings (SSSR count). The van der Waals surface area contributed by atoms with Crippen molar-refractivity contribution in [3.63, 3.8) is 0 Å². The minimum atomic E-state index is -1.24. The number of aromatic nitrogens is 2. The van der Waals surface area contributed by atoms with Gasteiger partial charge in [-0.1, -0.05) is 0 Å². The lowest BCUT2D eigenvalue weighted by molar-refractivity contribution is 0.00559. The van der Waals surface area contributed by atoms with Gasteiger partial charge in [-0.25, -0.2) is 9.18 Å². The Kier molecular flexibility index (Phi) is 5.78. The molecule has 0 saturated carbocycles. The first-order chi connectivity index (χ1) is 13.6. The van der Waals surface area contributed by atoms with Crippen molar-refractivity contribution < 1.29 is 23.2 Å². The van der Waals surface area contributed by atoms with Crippen molar-refractivity contribution in [2.24, 2.45) is 0 Å². The number of likely N-dealkylation sites (tertiary alicyclic amines) is 1. The van der Waals surface area contributed by atoms with Gasteiger partial charge in [0.25, 0.3) is 0 Å². The Hall–Kier alpha value is -1.61. The Morgan fingerprint density at radius 2 is 1.77 bits per heavy atom. The molecule has 3 heterocycles. The zero-order chi connectivity index (χ0) is 22.6. The van der Waals surface area contributed by atoms with E-state index in [1.165, 1.54) is 4.90 Å². The third kappa shape index (κ3) is 4.24. The van der Waals surface area contributed by atoms with Gasteiger partial charge in [-0.2, -0.15) is 5.10 Å². The van der Waals surface area contributed by atoms with Gasteiger partial charge in [0.15, 0.2) is 0 Å². The number of nitrogens with zero attached hydrogens (tertiary/aromatic N) is 3. The summed E-state index contributed by atoms with van der Waals surface area (Å²) >= 11 is 0. The lowest BCUT2D eigenvalue weighted by Gasteiger charge is -2.36. The monoisotopic (exact) mass is 423 g/mol. The standard InChI is InChI=1S/C21H35BFN3O4/c1-13-17(22-29-20(6,7)21(8,9)30-22)14(2)26(24-13)16-10-11-25(12-15(16)23)18(27)28-19(3,4)5/h15-16H,10-12H2,1-9H3/t15-,16?/m0/s1. The number of hydrogen-bond donors (Lipinski definition) is 0. The Balaban J connectivity index is 1.77. The van der Waals surface area contributed by atoms with Gasteiger partial charge in [-0.15, -0.1) is 0 Å². The lowest BCUT2D eigenvalue weighted by Crippen LogP contribution is -2.47. The number of carbonyl (C=O) groups excluding carboxylic acids is 1. The zero-order valence-electron chi connectivity index (χ0n) is 19.7. The second-order valence-electron chi connectivity index (χ2n) is 10.4. The number of amides is 1. The summed E-state index contributed by atoms with van der Waals surface area (Å²) in [4.78, 5) is 13.7. The maximum Gasteiger partial charge on any atom is 0.498 e. The van der Waals surface area contributed by atoms with Gasteiger partial charge < -0.3 is 18.9 Å². The molecule has 0 aliphatic carbocycles. The molecule has 2 aliphatic rings. The Morgan fingerprint density at radius 3 is 2.27 bits per heavy atom. The van der Waals surface area contributed by atoms with E-state index in [1.54, 1.807) is 25.5 Å². The van der Waals surface area contributed by atoms with Crippen LogP contribution in [-0.4, -0.2) is 64.0 Å². The third-order valence-corrected chi connectivity index (χ3v) is 6.34. The fourth-order valence-corrected chi connectivity index (χ4v) is 3.96. The van der Waals surface area contributed by atoms with Crippen molar-refractivity contribution in [2.45, 2.75) is 97.8 Å². The Bertz CT molecular complexity index is 802. The third-order valence-electron chi connectivity index (χ3n) is 6.34. The first kappa shape index (κ1) is 23.1. The van der Waals surface area contributed by atoms with Crippen LogP contribution in [0.2, 0.25) is 0 Å². The molecule has 1 amide bonds. The van der Waals surface area contributed by atoms with E-state index in [2.05, 4.69) is 5.10 Å². The van der Waals surface area contributed by atoms with Gasteiger partial charge in [0, 0.05) is 17.7 Å². The van der Waals surface area contributed by atoms with Crippen molar-refractivity contribution in [3.05, 3.63) is 11.4 Å². The second kappa shape index (κ2) is 7.52. The molecule has 7 nitrogen and oxygen atoms in total. The lowest BCUT2D eigenvalue weighted by atomic mass is 9.77. The number of halogens is 1. The van der Waals surface area contributed by atoms with Crippen LogP contribution in [0, 0.1) is 13.8 Å². The van der Waals surface area contributed by atoms with E-state index in [1.807, 2.05) is 41.5 Å². The van der Waals surface area contributed by atoms with Crippen LogP contribution in [0.4, 0.5) is 9.18 Å². The van der Waals surface area contributed by atoms with E-state index in [-0.39, 0.29) is 6.54 Å². The minimum Gasteiger partial charge on any atom is -0.444 e. The number of rotatable bonds is 2. The largest absolute Gasteiger partial charge is 0.498 e. The molecule has 30 heavy (non-hydrogen) atoms. The van der Waals surface area contributed by atoms with E-state index in [0.29, 0.717) is 13.0 Å². The molecule has 2 saturated heterocycles. The molecule has 1 aromatic heterocycles. The molecule has 0 radical (unpaired) electrons. The molecule has 0 bridgehead atoms. The van der Waals surface area contributed by atoms with Crippen LogP contribution < -0.4 is 5.46 Å².